The van der Waals surface area contributed by atoms with Crippen LogP contribution in [0.2, 0.25) is 5.02 Å². The Hall–Kier alpha value is -3.47. The topological polar surface area (TPSA) is 134 Å². The number of benzene rings is 1. The van der Waals surface area contributed by atoms with E-state index in [9.17, 15) is 24.5 Å². The summed E-state index contributed by atoms with van der Waals surface area (Å²) in [6.07, 6.45) is 1.28. The van der Waals surface area contributed by atoms with Crippen molar-refractivity contribution in [2.24, 2.45) is 14.1 Å². The third-order valence-electron chi connectivity index (χ3n) is 3.97. The molecular weight excluding hydrogens is 380 g/mol. The number of nitrogens with zero attached hydrogens (tertiary/aromatic N) is 5. The fourth-order valence-electron chi connectivity index (χ4n) is 2.58. The van der Waals surface area contributed by atoms with Crippen molar-refractivity contribution in [3.63, 3.8) is 0 Å². The molecule has 0 aliphatic rings. The van der Waals surface area contributed by atoms with Crippen LogP contribution in [0.4, 0.5) is 11.4 Å². The Balaban J connectivity index is 1.90. The SMILES string of the molecule is Cn1c(=O)c2c(ncn2CC(=O)Nc2ccc([N+](=O)[O-])cc2Cl)n(C)c1=O. The number of nitrogens with one attached hydrogen (secondary N) is 1. The number of amides is 1. The number of carbonyl (C=O) groups excluding carboxylic acids is 1. The first-order chi connectivity index (χ1) is 12.7. The highest BCUT2D eigenvalue weighted by atomic mass is 35.5. The maximum absolute atomic E-state index is 12.4. The van der Waals surface area contributed by atoms with Crippen LogP contribution in [0.25, 0.3) is 11.2 Å². The van der Waals surface area contributed by atoms with Crippen LogP contribution in [0, 0.1) is 10.1 Å². The summed E-state index contributed by atoms with van der Waals surface area (Å²) in [6, 6.07) is 3.64. The molecule has 0 atom stereocenters. The van der Waals surface area contributed by atoms with Crippen LogP contribution < -0.4 is 16.6 Å². The van der Waals surface area contributed by atoms with Gasteiger partial charge in [-0.05, 0) is 6.07 Å². The van der Waals surface area contributed by atoms with E-state index < -0.39 is 22.1 Å². The van der Waals surface area contributed by atoms with Crippen LogP contribution in [0.15, 0.2) is 34.1 Å². The van der Waals surface area contributed by atoms with Crippen LogP contribution in [0.3, 0.4) is 0 Å². The van der Waals surface area contributed by atoms with E-state index in [4.69, 9.17) is 11.6 Å². The molecule has 0 unspecified atom stereocenters. The van der Waals surface area contributed by atoms with Crippen molar-refractivity contribution in [2.75, 3.05) is 5.32 Å². The van der Waals surface area contributed by atoms with Gasteiger partial charge >= 0.3 is 5.69 Å². The van der Waals surface area contributed by atoms with Crippen molar-refractivity contribution in [3.05, 3.63) is 60.5 Å². The molecule has 27 heavy (non-hydrogen) atoms. The summed E-state index contributed by atoms with van der Waals surface area (Å²) < 4.78 is 3.44. The van der Waals surface area contributed by atoms with Gasteiger partial charge in [-0.3, -0.25) is 28.8 Å². The molecule has 11 nitrogen and oxygen atoms in total. The molecule has 1 aromatic carbocycles. The van der Waals surface area contributed by atoms with Crippen LogP contribution in [-0.2, 0) is 25.4 Å². The second-order valence-corrected chi connectivity index (χ2v) is 6.13. The minimum absolute atomic E-state index is 0.00588. The number of halogens is 1. The van der Waals surface area contributed by atoms with E-state index in [0.29, 0.717) is 0 Å². The number of fused-ring (bicyclic) bond motifs is 1. The number of hydrogen-bond acceptors (Lipinski definition) is 6. The van der Waals surface area contributed by atoms with Gasteiger partial charge in [0.25, 0.3) is 11.2 Å². The molecule has 140 valence electrons. The second-order valence-electron chi connectivity index (χ2n) is 5.72. The summed E-state index contributed by atoms with van der Waals surface area (Å²) in [6.45, 7) is -0.267. The average Bonchev–Trinajstić information content (AvgIpc) is 3.03. The molecule has 0 radical (unpaired) electrons. The van der Waals surface area contributed by atoms with Gasteiger partial charge in [-0.1, -0.05) is 11.6 Å². The molecule has 1 amide bonds. The lowest BCUT2D eigenvalue weighted by molar-refractivity contribution is -0.384. The monoisotopic (exact) mass is 392 g/mol. The van der Waals surface area contributed by atoms with Crippen LogP contribution in [-0.4, -0.2) is 29.5 Å². The number of anilines is 1. The van der Waals surface area contributed by atoms with Gasteiger partial charge in [-0.2, -0.15) is 0 Å². The van der Waals surface area contributed by atoms with Gasteiger partial charge in [0.15, 0.2) is 11.2 Å². The van der Waals surface area contributed by atoms with Crippen molar-refractivity contribution in [1.29, 1.82) is 0 Å². The number of aromatic nitrogens is 4. The summed E-state index contributed by atoms with van der Waals surface area (Å²) in [5.41, 5.74) is -0.861. The lowest BCUT2D eigenvalue weighted by Crippen LogP contribution is -2.37. The zero-order chi connectivity index (χ0) is 19.9. The normalized spacial score (nSPS) is 10.9. The van der Waals surface area contributed by atoms with Crippen LogP contribution in [0.5, 0.6) is 0 Å². The molecule has 1 N–H and O–H groups in total. The minimum Gasteiger partial charge on any atom is -0.323 e. The highest BCUT2D eigenvalue weighted by Crippen LogP contribution is 2.26. The largest absolute Gasteiger partial charge is 0.332 e. The fourth-order valence-corrected chi connectivity index (χ4v) is 2.80. The van der Waals surface area contributed by atoms with E-state index in [1.54, 1.807) is 0 Å². The number of imidazole rings is 1. The molecule has 2 aromatic heterocycles. The standard InChI is InChI=1S/C15H13ClN6O5/c1-19-13-12(14(24)20(2)15(19)25)21(7-17-13)6-11(23)18-10-4-3-8(22(26)27)5-9(10)16/h3-5,7H,6H2,1-2H3,(H,18,23). The van der Waals surface area contributed by atoms with Gasteiger partial charge in [0.05, 0.1) is 22.0 Å². The molecule has 0 fully saturated rings. The molecule has 0 aliphatic carbocycles. The maximum atomic E-state index is 12.4. The number of rotatable bonds is 4. The molecule has 12 heteroatoms. The summed E-state index contributed by atoms with van der Waals surface area (Å²) in [5, 5.41) is 13.3. The first-order valence-electron chi connectivity index (χ1n) is 7.55. The number of carbonyl (C=O) groups is 1. The van der Waals surface area contributed by atoms with Crippen LogP contribution in [0.1, 0.15) is 0 Å². The van der Waals surface area contributed by atoms with Gasteiger partial charge in [0.1, 0.15) is 6.54 Å². The lowest BCUT2D eigenvalue weighted by Gasteiger charge is -2.09. The van der Waals surface area contributed by atoms with E-state index in [1.807, 2.05) is 0 Å². The Kier molecular flexibility index (Phi) is 4.54. The van der Waals surface area contributed by atoms with E-state index in [2.05, 4.69) is 10.3 Å². The van der Waals surface area contributed by atoms with Crippen LogP contribution >= 0.6 is 11.6 Å². The smallest absolute Gasteiger partial charge is 0.323 e. The Bertz CT molecular complexity index is 1210. The second kappa shape index (κ2) is 6.68. The molecule has 0 aliphatic heterocycles. The van der Waals surface area contributed by atoms with Crippen molar-refractivity contribution >= 4 is 40.0 Å². The lowest BCUT2D eigenvalue weighted by atomic mass is 10.3. The minimum atomic E-state index is -0.602. The number of nitro benzene ring substituents is 1. The van der Waals surface area contributed by atoms with Crippen molar-refractivity contribution in [2.45, 2.75) is 6.54 Å². The third-order valence-corrected chi connectivity index (χ3v) is 4.28. The third kappa shape index (κ3) is 3.19. The van der Waals surface area contributed by atoms with Gasteiger partial charge in [0, 0.05) is 26.2 Å². The Morgan fingerprint density at radius 1 is 1.30 bits per heavy atom. The van der Waals surface area contributed by atoms with E-state index in [0.717, 1.165) is 10.6 Å². The number of nitro groups is 1. The predicted octanol–water partition coefficient (Wildman–Crippen LogP) is 0.634. The average molecular weight is 393 g/mol. The Labute approximate surface area is 155 Å². The number of non-ortho nitro benzene ring substituents is 1. The number of hydrogen-bond donors (Lipinski definition) is 1. The summed E-state index contributed by atoms with van der Waals surface area (Å²) in [5.74, 6) is -0.527. The maximum Gasteiger partial charge on any atom is 0.332 e. The zero-order valence-corrected chi connectivity index (χ0v) is 14.9. The highest BCUT2D eigenvalue weighted by Gasteiger charge is 2.17. The molecule has 0 spiro atoms. The van der Waals surface area contributed by atoms with E-state index >= 15 is 0 Å². The zero-order valence-electron chi connectivity index (χ0n) is 14.2. The molecule has 0 saturated heterocycles. The summed E-state index contributed by atoms with van der Waals surface area (Å²) >= 11 is 5.95. The van der Waals surface area contributed by atoms with E-state index in [1.165, 1.54) is 41.7 Å². The van der Waals surface area contributed by atoms with Crippen molar-refractivity contribution in [3.8, 4) is 0 Å². The number of aryl methyl sites for hydroxylation is 1. The molecule has 3 rings (SSSR count). The molecule has 2 heterocycles. The van der Waals surface area contributed by atoms with Gasteiger partial charge in [-0.15, -0.1) is 0 Å². The summed E-state index contributed by atoms with van der Waals surface area (Å²) in [7, 11) is 2.80. The van der Waals surface area contributed by atoms with E-state index in [-0.39, 0.29) is 34.1 Å². The quantitative estimate of drug-likeness (QED) is 0.511. The molecule has 3 aromatic rings. The van der Waals surface area contributed by atoms with Crippen molar-refractivity contribution < 1.29 is 9.72 Å². The van der Waals surface area contributed by atoms with Gasteiger partial charge < -0.3 is 9.88 Å². The summed E-state index contributed by atoms with van der Waals surface area (Å²) in [4.78, 5) is 50.7. The van der Waals surface area contributed by atoms with Gasteiger partial charge in [-0.25, -0.2) is 9.78 Å². The Morgan fingerprint density at radius 2 is 2.00 bits per heavy atom. The van der Waals surface area contributed by atoms with Gasteiger partial charge in [0.2, 0.25) is 5.91 Å². The molecular formula is C15H13ClN6O5. The molecule has 0 saturated carbocycles. The highest BCUT2D eigenvalue weighted by molar-refractivity contribution is 6.33. The van der Waals surface area contributed by atoms with Crippen molar-refractivity contribution in [1.82, 2.24) is 18.7 Å². The first kappa shape index (κ1) is 18.3. The fraction of sp³-hybridized carbons (Fsp3) is 0.200. The Morgan fingerprint density at radius 3 is 2.63 bits per heavy atom. The predicted molar refractivity (Wildman–Crippen MR) is 97.0 cm³/mol. The first-order valence-corrected chi connectivity index (χ1v) is 7.93. The molecule has 0 bridgehead atoms.